The zero-order valence-electron chi connectivity index (χ0n) is 17.0. The van der Waals surface area contributed by atoms with E-state index in [-0.39, 0.29) is 23.3 Å². The maximum Gasteiger partial charge on any atom is 0.253 e. The minimum Gasteiger partial charge on any atom is -0.385 e. The number of hydrogen-bond acceptors (Lipinski definition) is 6. The molecule has 1 aromatic rings. The molecule has 1 aliphatic rings. The molecule has 0 spiro atoms. The van der Waals surface area contributed by atoms with Crippen LogP contribution in [0.1, 0.15) is 23.7 Å². The summed E-state index contributed by atoms with van der Waals surface area (Å²) in [6, 6.07) is 6.06. The van der Waals surface area contributed by atoms with Crippen molar-refractivity contribution in [2.45, 2.75) is 18.2 Å². The van der Waals surface area contributed by atoms with Crippen molar-refractivity contribution < 1.29 is 22.7 Å². The highest BCUT2D eigenvalue weighted by molar-refractivity contribution is 7.89. The summed E-state index contributed by atoms with van der Waals surface area (Å²) in [4.78, 5) is 28.5. The molecule has 0 aromatic heterocycles. The summed E-state index contributed by atoms with van der Waals surface area (Å²) in [7, 11) is -1.99. The van der Waals surface area contributed by atoms with Crippen LogP contribution in [0.15, 0.2) is 29.2 Å². The monoisotopic (exact) mass is 426 g/mol. The number of nitrogens with one attached hydrogen (secondary N) is 2. The molecule has 9 nitrogen and oxygen atoms in total. The fraction of sp³-hybridized carbons (Fsp3) is 0.579. The minimum atomic E-state index is -3.61. The number of ether oxygens (including phenoxy) is 1. The molecule has 2 amide bonds. The normalized spacial score (nSPS) is 15.3. The van der Waals surface area contributed by atoms with Gasteiger partial charge in [0.25, 0.3) is 5.91 Å². The highest BCUT2D eigenvalue weighted by atomic mass is 32.2. The third kappa shape index (κ3) is 7.07. The molecule has 2 N–H and O–H groups in total. The lowest BCUT2D eigenvalue weighted by Gasteiger charge is -2.34. The van der Waals surface area contributed by atoms with Crippen LogP contribution in [0.3, 0.4) is 0 Å². The number of carbonyl (C=O) groups excluding carboxylic acids is 2. The second-order valence-electron chi connectivity index (χ2n) is 6.79. The highest BCUT2D eigenvalue weighted by Crippen LogP contribution is 2.14. The quantitative estimate of drug-likeness (QED) is 0.506. The Morgan fingerprint density at radius 2 is 1.90 bits per heavy atom. The van der Waals surface area contributed by atoms with Gasteiger partial charge in [-0.1, -0.05) is 13.0 Å². The molecular formula is C19H30N4O5S. The van der Waals surface area contributed by atoms with Gasteiger partial charge in [-0.05, 0) is 24.6 Å². The Hall–Kier alpha value is -2.01. The van der Waals surface area contributed by atoms with Crippen molar-refractivity contribution in [1.29, 1.82) is 0 Å². The van der Waals surface area contributed by atoms with Crippen molar-refractivity contribution in [2.75, 3.05) is 59.5 Å². The van der Waals surface area contributed by atoms with E-state index >= 15 is 0 Å². The summed E-state index contributed by atoms with van der Waals surface area (Å²) in [5.74, 6) is -0.246. The van der Waals surface area contributed by atoms with Gasteiger partial charge in [-0.2, -0.15) is 0 Å². The average molecular weight is 427 g/mol. The maximum atomic E-state index is 12.8. The largest absolute Gasteiger partial charge is 0.385 e. The first-order valence-electron chi connectivity index (χ1n) is 9.74. The number of nitrogens with zero attached hydrogens (tertiary/aromatic N) is 2. The zero-order chi connectivity index (χ0) is 21.3. The molecule has 0 unspecified atom stereocenters. The van der Waals surface area contributed by atoms with Crippen molar-refractivity contribution in [3.63, 3.8) is 0 Å². The van der Waals surface area contributed by atoms with Crippen molar-refractivity contribution >= 4 is 21.8 Å². The molecule has 0 saturated carbocycles. The van der Waals surface area contributed by atoms with E-state index in [4.69, 9.17) is 4.74 Å². The van der Waals surface area contributed by atoms with E-state index in [0.29, 0.717) is 51.4 Å². The van der Waals surface area contributed by atoms with Crippen LogP contribution < -0.4 is 10.0 Å². The number of methoxy groups -OCH3 is 1. The van der Waals surface area contributed by atoms with Crippen LogP contribution in [0.2, 0.25) is 0 Å². The molecule has 0 atom stereocenters. The highest BCUT2D eigenvalue weighted by Gasteiger charge is 2.24. The summed E-state index contributed by atoms with van der Waals surface area (Å²) in [6.07, 6.45) is 0.771. The Kier molecular flexibility index (Phi) is 9.02. The molecule has 162 valence electrons. The average Bonchev–Trinajstić information content (AvgIpc) is 2.71. The molecule has 10 heteroatoms. The third-order valence-electron chi connectivity index (χ3n) is 4.60. The Morgan fingerprint density at radius 3 is 2.55 bits per heavy atom. The van der Waals surface area contributed by atoms with E-state index < -0.39 is 10.0 Å². The lowest BCUT2D eigenvalue weighted by molar-refractivity contribution is -0.122. The minimum absolute atomic E-state index is 0.0396. The number of carbonyl (C=O) groups is 2. The first-order chi connectivity index (χ1) is 13.9. The molecule has 29 heavy (non-hydrogen) atoms. The van der Waals surface area contributed by atoms with Gasteiger partial charge in [-0.25, -0.2) is 13.1 Å². The zero-order valence-corrected chi connectivity index (χ0v) is 17.8. The molecular weight excluding hydrogens is 396 g/mol. The van der Waals surface area contributed by atoms with Gasteiger partial charge in [0.2, 0.25) is 15.9 Å². The number of benzene rings is 1. The standard InChI is InChI=1S/C19H30N4O5S/c1-3-21-29(26,27)17-7-4-6-16(14-17)19(25)23-11-9-22(10-12-23)15-18(24)20-8-5-13-28-2/h4,6-7,14,21H,3,5,8-13,15H2,1-2H3,(H,20,24). The first kappa shape index (κ1) is 23.3. The van der Waals surface area contributed by atoms with Gasteiger partial charge >= 0.3 is 0 Å². The molecule has 0 aliphatic carbocycles. The molecule has 2 rings (SSSR count). The number of rotatable bonds is 10. The predicted molar refractivity (Wildman–Crippen MR) is 109 cm³/mol. The van der Waals surface area contributed by atoms with Crippen molar-refractivity contribution in [3.05, 3.63) is 29.8 Å². The maximum absolute atomic E-state index is 12.8. The number of sulfonamides is 1. The van der Waals surface area contributed by atoms with Gasteiger partial charge in [-0.15, -0.1) is 0 Å². The number of piperazine rings is 1. The van der Waals surface area contributed by atoms with Gasteiger partial charge in [0, 0.05) is 58.5 Å². The van der Waals surface area contributed by atoms with Crippen LogP contribution in [0.4, 0.5) is 0 Å². The lowest BCUT2D eigenvalue weighted by atomic mass is 10.2. The number of amides is 2. The van der Waals surface area contributed by atoms with Crippen molar-refractivity contribution in [2.24, 2.45) is 0 Å². The second-order valence-corrected chi connectivity index (χ2v) is 8.56. The summed E-state index contributed by atoms with van der Waals surface area (Å²) in [5, 5.41) is 2.85. The molecule has 0 bridgehead atoms. The molecule has 1 fully saturated rings. The van der Waals surface area contributed by atoms with Crippen LogP contribution in [0.25, 0.3) is 0 Å². The fourth-order valence-electron chi connectivity index (χ4n) is 3.06. The summed E-state index contributed by atoms with van der Waals surface area (Å²) in [5.41, 5.74) is 0.341. The van der Waals surface area contributed by atoms with Crippen LogP contribution in [-0.2, 0) is 19.6 Å². The van der Waals surface area contributed by atoms with Gasteiger partial charge < -0.3 is 15.0 Å². The Labute approximate surface area is 172 Å². The molecule has 1 aromatic carbocycles. The lowest BCUT2D eigenvalue weighted by Crippen LogP contribution is -2.51. The Balaban J connectivity index is 1.86. The summed E-state index contributed by atoms with van der Waals surface area (Å²) in [6.45, 7) is 5.62. The fourth-order valence-corrected chi connectivity index (χ4v) is 4.15. The first-order valence-corrected chi connectivity index (χ1v) is 11.2. The topological polar surface area (TPSA) is 108 Å². The summed E-state index contributed by atoms with van der Waals surface area (Å²) < 4.78 is 31.7. The van der Waals surface area contributed by atoms with Gasteiger partial charge in [-0.3, -0.25) is 14.5 Å². The number of hydrogen-bond donors (Lipinski definition) is 2. The second kappa shape index (κ2) is 11.2. The van der Waals surface area contributed by atoms with E-state index in [0.717, 1.165) is 6.42 Å². The third-order valence-corrected chi connectivity index (χ3v) is 6.14. The van der Waals surface area contributed by atoms with Crippen LogP contribution in [-0.4, -0.2) is 89.6 Å². The van der Waals surface area contributed by atoms with E-state index in [9.17, 15) is 18.0 Å². The van der Waals surface area contributed by atoms with Crippen LogP contribution >= 0.6 is 0 Å². The van der Waals surface area contributed by atoms with E-state index in [1.54, 1.807) is 31.1 Å². The van der Waals surface area contributed by atoms with Gasteiger partial charge in [0.05, 0.1) is 11.4 Å². The molecule has 0 radical (unpaired) electrons. The van der Waals surface area contributed by atoms with Crippen LogP contribution in [0, 0.1) is 0 Å². The smallest absolute Gasteiger partial charge is 0.253 e. The SMILES string of the molecule is CCNS(=O)(=O)c1cccc(C(=O)N2CCN(CC(=O)NCCCOC)CC2)c1. The van der Waals surface area contributed by atoms with Crippen molar-refractivity contribution in [1.82, 2.24) is 19.8 Å². The van der Waals surface area contributed by atoms with E-state index in [1.165, 1.54) is 12.1 Å². The summed E-state index contributed by atoms with van der Waals surface area (Å²) >= 11 is 0. The predicted octanol–water partition coefficient (Wildman–Crippen LogP) is -0.105. The van der Waals surface area contributed by atoms with Gasteiger partial charge in [0.1, 0.15) is 0 Å². The van der Waals surface area contributed by atoms with Crippen molar-refractivity contribution in [3.8, 4) is 0 Å². The Morgan fingerprint density at radius 1 is 1.17 bits per heavy atom. The van der Waals surface area contributed by atoms with Crippen LogP contribution in [0.5, 0.6) is 0 Å². The molecule has 1 heterocycles. The van der Waals surface area contributed by atoms with Gasteiger partial charge in [0.15, 0.2) is 0 Å². The molecule has 1 aliphatic heterocycles. The molecule has 1 saturated heterocycles. The Bertz CT molecular complexity index is 792. The van der Waals surface area contributed by atoms with E-state index in [1.807, 2.05) is 4.90 Å². The van der Waals surface area contributed by atoms with E-state index in [2.05, 4.69) is 10.0 Å².